The van der Waals surface area contributed by atoms with Crippen LogP contribution in [0.15, 0.2) is 47.4 Å². The fourth-order valence-corrected chi connectivity index (χ4v) is 4.60. The molecular formula is C20H22Cl2N2O4S. The quantitative estimate of drug-likeness (QED) is 0.688. The number of nitrogens with zero attached hydrogens (tertiary/aromatic N) is 1. The molecule has 0 saturated carbocycles. The van der Waals surface area contributed by atoms with Crippen molar-refractivity contribution in [1.29, 1.82) is 0 Å². The van der Waals surface area contributed by atoms with E-state index < -0.39 is 10.0 Å². The van der Waals surface area contributed by atoms with Gasteiger partial charge in [-0.05, 0) is 54.8 Å². The number of hydrogen-bond acceptors (Lipinski definition) is 4. The molecule has 1 heterocycles. The maximum atomic E-state index is 12.7. The maximum Gasteiger partial charge on any atom is 0.253 e. The average Bonchev–Trinajstić information content (AvgIpc) is 3.22. The third-order valence-electron chi connectivity index (χ3n) is 4.71. The molecule has 0 unspecified atom stereocenters. The summed E-state index contributed by atoms with van der Waals surface area (Å²) in [4.78, 5) is 14.3. The molecule has 3 rings (SSSR count). The molecule has 1 amide bonds. The van der Waals surface area contributed by atoms with Crippen molar-refractivity contribution in [3.05, 3.63) is 63.6 Å². The smallest absolute Gasteiger partial charge is 0.253 e. The topological polar surface area (TPSA) is 75.7 Å². The van der Waals surface area contributed by atoms with Gasteiger partial charge in [-0.25, -0.2) is 13.1 Å². The molecule has 1 atom stereocenters. The fourth-order valence-electron chi connectivity index (χ4n) is 3.07. The summed E-state index contributed by atoms with van der Waals surface area (Å²) in [6, 6.07) is 11.0. The molecule has 2 aromatic carbocycles. The number of rotatable bonds is 7. The molecule has 0 bridgehead atoms. The van der Waals surface area contributed by atoms with E-state index in [0.29, 0.717) is 28.8 Å². The summed E-state index contributed by atoms with van der Waals surface area (Å²) < 4.78 is 32.8. The zero-order chi connectivity index (χ0) is 21.0. The van der Waals surface area contributed by atoms with Crippen molar-refractivity contribution in [2.45, 2.75) is 30.4 Å². The molecular weight excluding hydrogens is 435 g/mol. The minimum absolute atomic E-state index is 0.0843. The predicted octanol–water partition coefficient (Wildman–Crippen LogP) is 3.72. The van der Waals surface area contributed by atoms with E-state index in [2.05, 4.69) is 4.72 Å². The highest BCUT2D eigenvalue weighted by Gasteiger charge is 2.21. The van der Waals surface area contributed by atoms with Gasteiger partial charge in [0.05, 0.1) is 11.0 Å². The number of carbonyl (C=O) groups is 1. The molecule has 1 N–H and O–H groups in total. The number of benzene rings is 2. The largest absolute Gasteiger partial charge is 0.377 e. The number of ether oxygens (including phenoxy) is 1. The Morgan fingerprint density at radius 3 is 2.55 bits per heavy atom. The number of sulfonamides is 1. The molecule has 0 aromatic heterocycles. The van der Waals surface area contributed by atoms with Crippen LogP contribution in [-0.4, -0.2) is 45.5 Å². The van der Waals surface area contributed by atoms with Crippen molar-refractivity contribution in [3.63, 3.8) is 0 Å². The first kappa shape index (κ1) is 22.1. The highest BCUT2D eigenvalue weighted by molar-refractivity contribution is 7.89. The lowest BCUT2D eigenvalue weighted by Crippen LogP contribution is -2.32. The molecule has 1 aliphatic rings. The molecule has 1 saturated heterocycles. The number of amides is 1. The van der Waals surface area contributed by atoms with Crippen LogP contribution < -0.4 is 4.72 Å². The van der Waals surface area contributed by atoms with Gasteiger partial charge in [0.1, 0.15) is 0 Å². The molecule has 29 heavy (non-hydrogen) atoms. The lowest BCUT2D eigenvalue weighted by molar-refractivity contribution is 0.0785. The molecule has 1 aliphatic heterocycles. The first-order valence-electron chi connectivity index (χ1n) is 9.17. The van der Waals surface area contributed by atoms with E-state index in [4.69, 9.17) is 27.9 Å². The summed E-state index contributed by atoms with van der Waals surface area (Å²) in [5, 5.41) is 1.01. The number of halogens is 2. The second kappa shape index (κ2) is 9.45. The van der Waals surface area contributed by atoms with Gasteiger partial charge in [-0.2, -0.15) is 0 Å². The Morgan fingerprint density at radius 2 is 1.93 bits per heavy atom. The van der Waals surface area contributed by atoms with E-state index in [9.17, 15) is 13.2 Å². The second-order valence-corrected chi connectivity index (χ2v) is 9.52. The van der Waals surface area contributed by atoms with Crippen LogP contribution in [0.25, 0.3) is 0 Å². The molecule has 0 aliphatic carbocycles. The van der Waals surface area contributed by atoms with Gasteiger partial charge in [0.15, 0.2) is 0 Å². The Balaban J connectivity index is 1.64. The number of hydrogen-bond donors (Lipinski definition) is 1. The van der Waals surface area contributed by atoms with Crippen LogP contribution >= 0.6 is 23.2 Å². The van der Waals surface area contributed by atoms with Gasteiger partial charge in [0.2, 0.25) is 10.0 Å². The highest BCUT2D eigenvalue weighted by atomic mass is 35.5. The van der Waals surface area contributed by atoms with Gasteiger partial charge in [-0.3, -0.25) is 4.79 Å². The second-order valence-electron chi connectivity index (χ2n) is 6.91. The van der Waals surface area contributed by atoms with Gasteiger partial charge in [0, 0.05) is 42.4 Å². The van der Waals surface area contributed by atoms with E-state index in [1.54, 1.807) is 25.2 Å². The maximum absolute atomic E-state index is 12.7. The van der Waals surface area contributed by atoms with Crippen LogP contribution in [-0.2, 0) is 21.3 Å². The monoisotopic (exact) mass is 456 g/mol. The lowest BCUT2D eigenvalue weighted by Gasteiger charge is -2.18. The fraction of sp³-hybridized carbons (Fsp3) is 0.350. The van der Waals surface area contributed by atoms with E-state index in [0.717, 1.165) is 18.4 Å². The predicted molar refractivity (Wildman–Crippen MR) is 113 cm³/mol. The number of nitrogens with one attached hydrogen (secondary N) is 1. The Bertz CT molecular complexity index is 974. The van der Waals surface area contributed by atoms with Crippen LogP contribution in [0.3, 0.4) is 0 Å². The van der Waals surface area contributed by atoms with Crippen LogP contribution in [0.2, 0.25) is 10.0 Å². The summed E-state index contributed by atoms with van der Waals surface area (Å²) in [6.45, 7) is 1.21. The van der Waals surface area contributed by atoms with Gasteiger partial charge in [0.25, 0.3) is 5.91 Å². The summed E-state index contributed by atoms with van der Waals surface area (Å²) in [7, 11) is -2.00. The molecule has 156 valence electrons. The Kier molecular flexibility index (Phi) is 7.19. The van der Waals surface area contributed by atoms with Gasteiger partial charge in [-0.15, -0.1) is 0 Å². The average molecular weight is 457 g/mol. The molecule has 1 fully saturated rings. The first-order chi connectivity index (χ1) is 13.8. The first-order valence-corrected chi connectivity index (χ1v) is 11.4. The molecule has 9 heteroatoms. The third kappa shape index (κ3) is 5.71. The van der Waals surface area contributed by atoms with Crippen molar-refractivity contribution >= 4 is 39.1 Å². The summed E-state index contributed by atoms with van der Waals surface area (Å²) in [5.41, 5.74) is 1.15. The third-order valence-corrected chi connectivity index (χ3v) is 6.73. The Labute approximate surface area is 180 Å². The van der Waals surface area contributed by atoms with Crippen LogP contribution in [0.5, 0.6) is 0 Å². The van der Waals surface area contributed by atoms with E-state index in [1.165, 1.54) is 29.2 Å². The summed E-state index contributed by atoms with van der Waals surface area (Å²) in [6.07, 6.45) is 1.71. The van der Waals surface area contributed by atoms with Crippen LogP contribution in [0, 0.1) is 0 Å². The van der Waals surface area contributed by atoms with Crippen molar-refractivity contribution in [3.8, 4) is 0 Å². The summed E-state index contributed by atoms with van der Waals surface area (Å²) >= 11 is 12.1. The Hall–Kier alpha value is -1.64. The molecule has 6 nitrogen and oxygen atoms in total. The molecule has 0 radical (unpaired) electrons. The Morgan fingerprint density at radius 1 is 1.21 bits per heavy atom. The van der Waals surface area contributed by atoms with Gasteiger partial charge >= 0.3 is 0 Å². The highest BCUT2D eigenvalue weighted by Crippen LogP contribution is 2.22. The SMILES string of the molecule is CN(Cc1ccc(Cl)cc1Cl)C(=O)c1ccc(S(=O)(=O)NC[C@@H]2CCCO2)cc1. The standard InChI is InChI=1S/C20H22Cl2N2O4S/c1-24(13-15-4-7-16(21)11-19(15)22)20(25)14-5-8-18(9-6-14)29(26,27)23-12-17-3-2-10-28-17/h4-9,11,17,23H,2-3,10,12-13H2,1H3/t17-/m0/s1. The van der Waals surface area contributed by atoms with E-state index in [-0.39, 0.29) is 23.5 Å². The van der Waals surface area contributed by atoms with Gasteiger partial charge in [-0.1, -0.05) is 29.3 Å². The van der Waals surface area contributed by atoms with Crippen molar-refractivity contribution in [2.24, 2.45) is 0 Å². The number of carbonyl (C=O) groups excluding carboxylic acids is 1. The van der Waals surface area contributed by atoms with Crippen molar-refractivity contribution in [2.75, 3.05) is 20.2 Å². The lowest BCUT2D eigenvalue weighted by atomic mass is 10.1. The normalized spacial score (nSPS) is 16.7. The van der Waals surface area contributed by atoms with Crippen LogP contribution in [0.1, 0.15) is 28.8 Å². The van der Waals surface area contributed by atoms with Gasteiger partial charge < -0.3 is 9.64 Å². The summed E-state index contributed by atoms with van der Waals surface area (Å²) in [5.74, 6) is -0.243. The van der Waals surface area contributed by atoms with E-state index >= 15 is 0 Å². The molecule has 0 spiro atoms. The molecule has 2 aromatic rings. The van der Waals surface area contributed by atoms with Crippen molar-refractivity contribution in [1.82, 2.24) is 9.62 Å². The zero-order valence-electron chi connectivity index (χ0n) is 15.9. The minimum atomic E-state index is -3.65. The zero-order valence-corrected chi connectivity index (χ0v) is 18.2. The van der Waals surface area contributed by atoms with Crippen molar-refractivity contribution < 1.29 is 17.9 Å². The van der Waals surface area contributed by atoms with E-state index in [1.807, 2.05) is 0 Å². The minimum Gasteiger partial charge on any atom is -0.377 e. The van der Waals surface area contributed by atoms with Crippen LogP contribution in [0.4, 0.5) is 0 Å².